The third-order valence-electron chi connectivity index (χ3n) is 13.4. The minimum atomic E-state index is -0.805. The molecule has 0 amide bonds. The van der Waals surface area contributed by atoms with Crippen molar-refractivity contribution in [3.8, 4) is 0 Å². The first-order valence-electron chi connectivity index (χ1n) is 32.2. The van der Waals surface area contributed by atoms with Gasteiger partial charge in [-0.2, -0.15) is 0 Å². The molecule has 0 bridgehead atoms. The molecule has 0 aromatic rings. The Morgan fingerprint density at radius 3 is 0.833 bits per heavy atom. The molecule has 6 heteroatoms. The van der Waals surface area contributed by atoms with Gasteiger partial charge in [-0.15, -0.1) is 0 Å². The highest BCUT2D eigenvalue weighted by molar-refractivity contribution is 5.71. The lowest BCUT2D eigenvalue weighted by molar-refractivity contribution is -0.167. The average Bonchev–Trinajstić information content (AvgIpc) is 3.44. The normalized spacial score (nSPS) is 13.0. The van der Waals surface area contributed by atoms with E-state index in [-0.39, 0.29) is 37.5 Å². The van der Waals surface area contributed by atoms with Gasteiger partial charge in [-0.25, -0.2) is 0 Å². The Balaban J connectivity index is 4.31. The standard InChI is InChI=1S/C72H118O6/c1-4-7-10-13-16-19-21-23-25-27-29-31-33-34-35-36-37-38-40-41-43-45-47-49-51-53-56-59-62-65-71(74)77-68-69(67-76-70(73)64-61-58-55-18-15-12-9-6-3)78-72(75)66-63-60-57-54-52-50-48-46-44-42-39-32-30-28-26-24-22-20-17-14-11-8-5-2/h7,10,16,19,22-25,28-31,34-35,37-38,41,43,47,49,53,56,69H,4-6,8-9,11-15,17-18,20-21,26-27,32-33,36,39-40,42,44-46,48,50-52,54-55,57-68H2,1-3H3/b10-7-,19-16-,24-22-,25-23-,30-28-,31-29-,35-34-,38-37-,43-41-,49-47-,56-53-. The van der Waals surface area contributed by atoms with E-state index in [4.69, 9.17) is 14.2 Å². The molecule has 442 valence electrons. The second-order valence-electron chi connectivity index (χ2n) is 20.9. The van der Waals surface area contributed by atoms with Crippen LogP contribution in [0, 0.1) is 0 Å². The number of carbonyl (C=O) groups excluding carboxylic acids is 3. The van der Waals surface area contributed by atoms with Crippen LogP contribution in [0.2, 0.25) is 0 Å². The molecule has 0 aliphatic carbocycles. The minimum Gasteiger partial charge on any atom is -0.462 e. The molecule has 0 spiro atoms. The fraction of sp³-hybridized carbons (Fsp3) is 0.653. The highest BCUT2D eigenvalue weighted by atomic mass is 16.6. The molecule has 0 saturated carbocycles. The van der Waals surface area contributed by atoms with Crippen LogP contribution in [-0.4, -0.2) is 37.2 Å². The largest absolute Gasteiger partial charge is 0.462 e. The van der Waals surface area contributed by atoms with Gasteiger partial charge >= 0.3 is 17.9 Å². The Labute approximate surface area is 481 Å². The smallest absolute Gasteiger partial charge is 0.306 e. The summed E-state index contributed by atoms with van der Waals surface area (Å²) in [7, 11) is 0. The van der Waals surface area contributed by atoms with Gasteiger partial charge in [-0.05, 0) is 116 Å². The van der Waals surface area contributed by atoms with Crippen LogP contribution in [-0.2, 0) is 28.6 Å². The van der Waals surface area contributed by atoms with E-state index >= 15 is 0 Å². The van der Waals surface area contributed by atoms with E-state index < -0.39 is 6.10 Å². The first kappa shape index (κ1) is 73.5. The summed E-state index contributed by atoms with van der Waals surface area (Å²) in [6, 6.07) is 0. The van der Waals surface area contributed by atoms with Crippen molar-refractivity contribution < 1.29 is 28.6 Å². The number of hydrogen-bond donors (Lipinski definition) is 0. The zero-order valence-electron chi connectivity index (χ0n) is 50.6. The molecule has 1 unspecified atom stereocenters. The van der Waals surface area contributed by atoms with Crippen LogP contribution < -0.4 is 0 Å². The highest BCUT2D eigenvalue weighted by Crippen LogP contribution is 2.15. The lowest BCUT2D eigenvalue weighted by Crippen LogP contribution is -2.30. The van der Waals surface area contributed by atoms with Gasteiger partial charge in [-0.1, -0.05) is 283 Å². The molecule has 78 heavy (non-hydrogen) atoms. The van der Waals surface area contributed by atoms with Crippen molar-refractivity contribution in [3.63, 3.8) is 0 Å². The molecule has 0 heterocycles. The van der Waals surface area contributed by atoms with Gasteiger partial charge < -0.3 is 14.2 Å². The fourth-order valence-electron chi connectivity index (χ4n) is 8.59. The molecule has 0 saturated heterocycles. The second-order valence-corrected chi connectivity index (χ2v) is 20.9. The molecule has 0 aliphatic rings. The highest BCUT2D eigenvalue weighted by Gasteiger charge is 2.19. The quantitative estimate of drug-likeness (QED) is 0.0261. The number of unbranched alkanes of at least 4 members (excludes halogenated alkanes) is 24. The first-order chi connectivity index (χ1) is 38.5. The van der Waals surface area contributed by atoms with E-state index in [0.29, 0.717) is 19.3 Å². The van der Waals surface area contributed by atoms with Gasteiger partial charge in [0, 0.05) is 19.3 Å². The lowest BCUT2D eigenvalue weighted by Gasteiger charge is -2.18. The number of esters is 3. The summed E-state index contributed by atoms with van der Waals surface area (Å²) in [6.07, 6.45) is 91.9. The van der Waals surface area contributed by atoms with Crippen LogP contribution in [0.3, 0.4) is 0 Å². The first-order valence-corrected chi connectivity index (χ1v) is 32.2. The van der Waals surface area contributed by atoms with Crippen molar-refractivity contribution in [2.24, 2.45) is 0 Å². The summed E-state index contributed by atoms with van der Waals surface area (Å²) >= 11 is 0. The maximum absolute atomic E-state index is 12.9. The molecule has 0 aromatic heterocycles. The van der Waals surface area contributed by atoms with Crippen LogP contribution in [0.25, 0.3) is 0 Å². The summed E-state index contributed by atoms with van der Waals surface area (Å²) in [4.78, 5) is 38.1. The van der Waals surface area contributed by atoms with Gasteiger partial charge in [0.25, 0.3) is 0 Å². The lowest BCUT2D eigenvalue weighted by atomic mass is 10.0. The summed E-state index contributed by atoms with van der Waals surface area (Å²) in [5.41, 5.74) is 0. The molecule has 0 fully saturated rings. The van der Waals surface area contributed by atoms with Crippen LogP contribution >= 0.6 is 0 Å². The van der Waals surface area contributed by atoms with Crippen molar-refractivity contribution in [2.75, 3.05) is 13.2 Å². The zero-order valence-corrected chi connectivity index (χ0v) is 50.6. The van der Waals surface area contributed by atoms with E-state index in [1.165, 1.54) is 128 Å². The Morgan fingerprint density at radius 1 is 0.269 bits per heavy atom. The Kier molecular flexibility index (Phi) is 61.4. The molecule has 0 aromatic carbocycles. The van der Waals surface area contributed by atoms with E-state index in [2.05, 4.69) is 154 Å². The van der Waals surface area contributed by atoms with Crippen molar-refractivity contribution in [3.05, 3.63) is 134 Å². The third-order valence-corrected chi connectivity index (χ3v) is 13.4. The topological polar surface area (TPSA) is 78.9 Å². The summed E-state index contributed by atoms with van der Waals surface area (Å²) in [5, 5.41) is 0. The van der Waals surface area contributed by atoms with Crippen molar-refractivity contribution in [2.45, 2.75) is 290 Å². The second kappa shape index (κ2) is 65.1. The molecule has 0 N–H and O–H groups in total. The fourth-order valence-corrected chi connectivity index (χ4v) is 8.59. The number of rotatable bonds is 57. The SMILES string of the molecule is CC/C=C\C/C=C\C/C=C\C/C=C\C/C=C\C/C=C\C/C=C\C/C=C\C/C=C\CCCC(=O)OCC(COC(=O)CCCCCCCCCC)OC(=O)CCCCCCCCCCCCC/C=C\C/C=C\CCCCCCC. The average molecular weight is 1080 g/mol. The van der Waals surface area contributed by atoms with Crippen LogP contribution in [0.5, 0.6) is 0 Å². The van der Waals surface area contributed by atoms with Crippen LogP contribution in [0.4, 0.5) is 0 Å². The monoisotopic (exact) mass is 1080 g/mol. The van der Waals surface area contributed by atoms with Gasteiger partial charge in [0.05, 0.1) is 0 Å². The van der Waals surface area contributed by atoms with Gasteiger partial charge in [-0.3, -0.25) is 14.4 Å². The van der Waals surface area contributed by atoms with Crippen molar-refractivity contribution in [1.29, 1.82) is 0 Å². The maximum atomic E-state index is 12.9. The number of ether oxygens (including phenoxy) is 3. The van der Waals surface area contributed by atoms with Gasteiger partial charge in [0.1, 0.15) is 13.2 Å². The maximum Gasteiger partial charge on any atom is 0.306 e. The predicted octanol–water partition coefficient (Wildman–Crippen LogP) is 22.2. The number of hydrogen-bond acceptors (Lipinski definition) is 6. The molecule has 1 atom stereocenters. The number of allylic oxidation sites excluding steroid dienone is 22. The van der Waals surface area contributed by atoms with E-state index in [1.54, 1.807) is 0 Å². The van der Waals surface area contributed by atoms with E-state index in [1.807, 2.05) is 0 Å². The Morgan fingerprint density at radius 2 is 0.513 bits per heavy atom. The van der Waals surface area contributed by atoms with Crippen molar-refractivity contribution in [1.82, 2.24) is 0 Å². The molecule has 0 radical (unpaired) electrons. The van der Waals surface area contributed by atoms with Crippen LogP contribution in [0.1, 0.15) is 284 Å². The Hall–Kier alpha value is -4.45. The van der Waals surface area contributed by atoms with Crippen LogP contribution in [0.15, 0.2) is 134 Å². The van der Waals surface area contributed by atoms with E-state index in [9.17, 15) is 14.4 Å². The minimum absolute atomic E-state index is 0.0986. The molecule has 6 nitrogen and oxygen atoms in total. The third kappa shape index (κ3) is 62.4. The summed E-state index contributed by atoms with van der Waals surface area (Å²) in [6.45, 7) is 6.44. The number of carbonyl (C=O) groups is 3. The van der Waals surface area contributed by atoms with Crippen molar-refractivity contribution >= 4 is 17.9 Å². The Bertz CT molecular complexity index is 1670. The van der Waals surface area contributed by atoms with Gasteiger partial charge in [0.2, 0.25) is 0 Å². The predicted molar refractivity (Wildman–Crippen MR) is 339 cm³/mol. The summed E-state index contributed by atoms with van der Waals surface area (Å²) < 4.78 is 16.8. The van der Waals surface area contributed by atoms with Gasteiger partial charge in [0.15, 0.2) is 6.10 Å². The molecule has 0 rings (SSSR count). The molecule has 0 aliphatic heterocycles. The zero-order chi connectivity index (χ0) is 56.4. The molecular formula is C72H118O6. The molecular weight excluding hydrogens is 961 g/mol. The van der Waals surface area contributed by atoms with E-state index in [0.717, 1.165) is 109 Å². The summed E-state index contributed by atoms with van der Waals surface area (Å²) in [5.74, 6) is -0.966.